The number of nitrogens with zero attached hydrogens (tertiary/aromatic N) is 3. The quantitative estimate of drug-likeness (QED) is 0.168. The zero-order valence-corrected chi connectivity index (χ0v) is 20.5. The van der Waals surface area contributed by atoms with Crippen LogP contribution in [0, 0.1) is 5.41 Å². The molecule has 2 heterocycles. The van der Waals surface area contributed by atoms with E-state index in [2.05, 4.69) is 15.3 Å². The van der Waals surface area contributed by atoms with Gasteiger partial charge >= 0.3 is 5.97 Å². The number of rotatable bonds is 10. The summed E-state index contributed by atoms with van der Waals surface area (Å²) in [4.78, 5) is 36.7. The number of amidine groups is 1. The van der Waals surface area contributed by atoms with Gasteiger partial charge in [-0.3, -0.25) is 15.0 Å². The maximum absolute atomic E-state index is 13.4. The molecule has 0 fully saturated rings. The molecular weight excluding hydrogens is 476 g/mol. The van der Waals surface area contributed by atoms with E-state index in [9.17, 15) is 9.59 Å². The molecule has 10 heteroatoms. The van der Waals surface area contributed by atoms with Crippen molar-refractivity contribution in [3.8, 4) is 0 Å². The van der Waals surface area contributed by atoms with E-state index in [1.807, 2.05) is 42.5 Å². The molecule has 0 atom stereocenters. The third-order valence-electron chi connectivity index (χ3n) is 5.34. The second-order valence-corrected chi connectivity index (χ2v) is 8.91. The van der Waals surface area contributed by atoms with Gasteiger partial charge < -0.3 is 20.7 Å². The molecule has 0 radical (unpaired) electrons. The molecule has 9 nitrogen and oxygen atoms in total. The molecule has 4 aromatic rings. The van der Waals surface area contributed by atoms with Crippen molar-refractivity contribution in [1.29, 1.82) is 5.41 Å². The van der Waals surface area contributed by atoms with Gasteiger partial charge in [0.25, 0.3) is 5.91 Å². The maximum atomic E-state index is 13.4. The monoisotopic (exact) mass is 502 g/mol. The Hall–Kier alpha value is -4.31. The van der Waals surface area contributed by atoms with E-state index in [0.717, 1.165) is 15.5 Å². The Kier molecular flexibility index (Phi) is 7.86. The van der Waals surface area contributed by atoms with E-state index < -0.39 is 0 Å². The van der Waals surface area contributed by atoms with Gasteiger partial charge in [0, 0.05) is 29.7 Å². The van der Waals surface area contributed by atoms with Crippen LogP contribution in [-0.2, 0) is 16.1 Å². The predicted octanol–water partition coefficient (Wildman–Crippen LogP) is 4.19. The van der Waals surface area contributed by atoms with Crippen LogP contribution < -0.4 is 16.0 Å². The van der Waals surface area contributed by atoms with Gasteiger partial charge in [0.05, 0.1) is 25.1 Å². The number of ether oxygens (including phenoxy) is 1. The fraction of sp³-hybridized carbons (Fsp3) is 0.192. The van der Waals surface area contributed by atoms with Crippen molar-refractivity contribution in [3.63, 3.8) is 0 Å². The van der Waals surface area contributed by atoms with Crippen LogP contribution in [0.4, 0.5) is 11.4 Å². The fourth-order valence-electron chi connectivity index (χ4n) is 3.55. The first-order chi connectivity index (χ1) is 17.4. The Morgan fingerprint density at radius 2 is 1.86 bits per heavy atom. The van der Waals surface area contributed by atoms with Gasteiger partial charge in [-0.15, -0.1) is 0 Å². The highest BCUT2D eigenvalue weighted by Crippen LogP contribution is 2.24. The SMILES string of the molecule is CCOC(=O)CCN(C(=O)c1cnc2sc(CNc3ccc(C(=N)N)cc3)nc2c1)c1ccccc1. The predicted molar refractivity (Wildman–Crippen MR) is 142 cm³/mol. The summed E-state index contributed by atoms with van der Waals surface area (Å²) in [5.41, 5.74) is 8.75. The molecule has 0 bridgehead atoms. The molecule has 0 saturated heterocycles. The number of carbonyl (C=O) groups excluding carboxylic acids is 2. The molecule has 4 rings (SSSR count). The van der Waals surface area contributed by atoms with Crippen LogP contribution in [0.1, 0.15) is 34.3 Å². The van der Waals surface area contributed by atoms with E-state index in [1.54, 1.807) is 36.2 Å². The first-order valence-corrected chi connectivity index (χ1v) is 12.2. The number of nitrogens with one attached hydrogen (secondary N) is 2. The molecule has 1 amide bonds. The summed E-state index contributed by atoms with van der Waals surface area (Å²) in [5, 5.41) is 11.6. The molecule has 0 aliphatic rings. The van der Waals surface area contributed by atoms with Gasteiger partial charge in [-0.25, -0.2) is 9.97 Å². The standard InChI is InChI=1S/C26H26N6O3S/c1-2-35-23(33)12-13-32(20-6-4-3-5-7-20)26(34)18-14-21-25(30-15-18)36-22(31-21)16-29-19-10-8-17(9-11-19)24(27)28/h3-11,14-15,29H,2,12-13,16H2,1H3,(H3,27,28). The largest absolute Gasteiger partial charge is 0.466 e. The number of hydrogen-bond acceptors (Lipinski definition) is 8. The number of nitrogens with two attached hydrogens (primary N) is 1. The lowest BCUT2D eigenvalue weighted by molar-refractivity contribution is -0.142. The Morgan fingerprint density at radius 1 is 1.11 bits per heavy atom. The zero-order chi connectivity index (χ0) is 25.5. The molecule has 0 aliphatic carbocycles. The van der Waals surface area contributed by atoms with Crippen molar-refractivity contribution in [3.05, 3.63) is 83.0 Å². The average molecular weight is 503 g/mol. The van der Waals surface area contributed by atoms with Crippen LogP contribution in [0.15, 0.2) is 66.9 Å². The number of amides is 1. The van der Waals surface area contributed by atoms with E-state index >= 15 is 0 Å². The molecular formula is C26H26N6O3S. The Labute approximate surface area is 212 Å². The first-order valence-electron chi connectivity index (χ1n) is 11.4. The van der Waals surface area contributed by atoms with Crippen molar-refractivity contribution in [1.82, 2.24) is 9.97 Å². The number of anilines is 2. The lowest BCUT2D eigenvalue weighted by atomic mass is 10.2. The fourth-order valence-corrected chi connectivity index (χ4v) is 4.38. The lowest BCUT2D eigenvalue weighted by Gasteiger charge is -2.22. The van der Waals surface area contributed by atoms with Crippen LogP contribution in [0.2, 0.25) is 0 Å². The summed E-state index contributed by atoms with van der Waals surface area (Å²) >= 11 is 1.44. The van der Waals surface area contributed by atoms with Crippen LogP contribution in [0.3, 0.4) is 0 Å². The minimum Gasteiger partial charge on any atom is -0.466 e. The summed E-state index contributed by atoms with van der Waals surface area (Å²) in [6.07, 6.45) is 1.63. The molecule has 0 unspecified atom stereocenters. The van der Waals surface area contributed by atoms with Crippen molar-refractivity contribution >= 4 is 50.8 Å². The number of fused-ring (bicyclic) bond motifs is 1. The maximum Gasteiger partial charge on any atom is 0.307 e. The Bertz CT molecular complexity index is 1370. The zero-order valence-electron chi connectivity index (χ0n) is 19.7. The Morgan fingerprint density at radius 3 is 2.56 bits per heavy atom. The molecule has 36 heavy (non-hydrogen) atoms. The normalized spacial score (nSPS) is 10.7. The summed E-state index contributed by atoms with van der Waals surface area (Å²) in [5.74, 6) is -0.596. The molecule has 0 spiro atoms. The van der Waals surface area contributed by atoms with Crippen molar-refractivity contribution < 1.29 is 14.3 Å². The van der Waals surface area contributed by atoms with Gasteiger partial charge in [-0.2, -0.15) is 0 Å². The smallest absolute Gasteiger partial charge is 0.307 e. The van der Waals surface area contributed by atoms with Crippen LogP contribution in [-0.4, -0.2) is 40.8 Å². The highest BCUT2D eigenvalue weighted by molar-refractivity contribution is 7.18. The van der Waals surface area contributed by atoms with Crippen molar-refractivity contribution in [2.24, 2.45) is 5.73 Å². The number of benzene rings is 2. The van der Waals surface area contributed by atoms with Crippen molar-refractivity contribution in [2.75, 3.05) is 23.4 Å². The molecule has 2 aromatic carbocycles. The number of nitrogen functional groups attached to an aromatic ring is 1. The van der Waals surface area contributed by atoms with E-state index in [0.29, 0.717) is 35.5 Å². The average Bonchev–Trinajstić information content (AvgIpc) is 3.31. The second-order valence-electron chi connectivity index (χ2n) is 7.85. The minimum atomic E-state index is -0.354. The topological polar surface area (TPSA) is 134 Å². The first kappa shape index (κ1) is 24.8. The van der Waals surface area contributed by atoms with Crippen LogP contribution >= 0.6 is 11.3 Å². The van der Waals surface area contributed by atoms with Gasteiger partial charge in [0.15, 0.2) is 0 Å². The lowest BCUT2D eigenvalue weighted by Crippen LogP contribution is -2.33. The second kappa shape index (κ2) is 11.4. The van der Waals surface area contributed by atoms with Gasteiger partial charge in [-0.1, -0.05) is 29.5 Å². The highest BCUT2D eigenvalue weighted by Gasteiger charge is 2.20. The number of hydrogen-bond donors (Lipinski definition) is 3. The third-order valence-corrected chi connectivity index (χ3v) is 6.32. The highest BCUT2D eigenvalue weighted by atomic mass is 32.1. The van der Waals surface area contributed by atoms with Crippen LogP contribution in [0.25, 0.3) is 10.3 Å². The van der Waals surface area contributed by atoms with E-state index in [1.165, 1.54) is 11.3 Å². The summed E-state index contributed by atoms with van der Waals surface area (Å²) < 4.78 is 5.03. The number of pyridine rings is 1. The molecule has 2 aromatic heterocycles. The molecule has 4 N–H and O–H groups in total. The number of esters is 1. The van der Waals surface area contributed by atoms with E-state index in [-0.39, 0.29) is 30.7 Å². The minimum absolute atomic E-state index is 0.0240. The van der Waals surface area contributed by atoms with Gasteiger partial charge in [0.2, 0.25) is 0 Å². The van der Waals surface area contributed by atoms with Gasteiger partial charge in [-0.05, 0) is 49.4 Å². The number of carbonyl (C=O) groups is 2. The van der Waals surface area contributed by atoms with E-state index in [4.69, 9.17) is 15.9 Å². The number of aromatic nitrogens is 2. The molecule has 0 saturated carbocycles. The number of para-hydroxylation sites is 1. The Balaban J connectivity index is 1.50. The number of thiazole rings is 1. The molecule has 184 valence electrons. The summed E-state index contributed by atoms with van der Waals surface area (Å²) in [6.45, 7) is 2.72. The molecule has 0 aliphatic heterocycles. The third kappa shape index (κ3) is 6.02. The summed E-state index contributed by atoms with van der Waals surface area (Å²) in [7, 11) is 0. The summed E-state index contributed by atoms with van der Waals surface area (Å²) in [6, 6.07) is 18.2. The van der Waals surface area contributed by atoms with Crippen molar-refractivity contribution in [2.45, 2.75) is 19.9 Å². The van der Waals surface area contributed by atoms with Crippen LogP contribution in [0.5, 0.6) is 0 Å². The van der Waals surface area contributed by atoms with Gasteiger partial charge in [0.1, 0.15) is 21.2 Å².